The number of rotatable bonds is 2. The van der Waals surface area contributed by atoms with E-state index < -0.39 is 17.6 Å². The van der Waals surface area contributed by atoms with Crippen LogP contribution in [0.2, 0.25) is 0 Å². The summed E-state index contributed by atoms with van der Waals surface area (Å²) in [4.78, 5) is 12.4. The second-order valence-electron chi connectivity index (χ2n) is 3.43. The lowest BCUT2D eigenvalue weighted by Crippen LogP contribution is -2.37. The van der Waals surface area contributed by atoms with Gasteiger partial charge in [0.1, 0.15) is 0 Å². The molecule has 1 heterocycles. The van der Waals surface area contributed by atoms with E-state index in [0.29, 0.717) is 19.5 Å². The first kappa shape index (κ1) is 9.58. The molecule has 1 fully saturated rings. The minimum absolute atomic E-state index is 0.326. The lowest BCUT2D eigenvalue weighted by Gasteiger charge is -2.19. The summed E-state index contributed by atoms with van der Waals surface area (Å²) in [5.41, 5.74) is 0. The van der Waals surface area contributed by atoms with Crippen LogP contribution in [0.1, 0.15) is 13.3 Å². The third-order valence-corrected chi connectivity index (χ3v) is 2.37. The van der Waals surface area contributed by atoms with E-state index in [4.69, 9.17) is 0 Å². The zero-order valence-electron chi connectivity index (χ0n) is 7.31. The van der Waals surface area contributed by atoms with Gasteiger partial charge in [-0.3, -0.25) is 4.79 Å². The van der Waals surface area contributed by atoms with E-state index >= 15 is 0 Å². The number of likely N-dealkylation sites (tertiary alicyclic amines) is 1. The van der Waals surface area contributed by atoms with Crippen LogP contribution in [0.4, 0.5) is 8.78 Å². The van der Waals surface area contributed by atoms with Crippen molar-refractivity contribution in [3.63, 3.8) is 0 Å². The third kappa shape index (κ3) is 1.63. The number of ketones is 1. The molecule has 4 heteroatoms. The molecule has 70 valence electrons. The van der Waals surface area contributed by atoms with Gasteiger partial charge >= 0.3 is 5.92 Å². The van der Waals surface area contributed by atoms with Crippen LogP contribution in [0.5, 0.6) is 0 Å². The predicted octanol–water partition coefficient (Wildman–Crippen LogP) is 1.16. The molecule has 0 bridgehead atoms. The molecule has 0 saturated carbocycles. The highest BCUT2D eigenvalue weighted by Gasteiger charge is 2.46. The molecule has 0 spiro atoms. The Kier molecular flexibility index (Phi) is 2.46. The van der Waals surface area contributed by atoms with E-state index in [1.54, 1.807) is 7.05 Å². The van der Waals surface area contributed by atoms with Gasteiger partial charge in [0.15, 0.2) is 5.78 Å². The van der Waals surface area contributed by atoms with Crippen LogP contribution in [0.3, 0.4) is 0 Å². The highest BCUT2D eigenvalue weighted by atomic mass is 19.3. The molecule has 1 atom stereocenters. The van der Waals surface area contributed by atoms with Gasteiger partial charge in [-0.1, -0.05) is 0 Å². The minimum atomic E-state index is -3.12. The Hall–Kier alpha value is -0.510. The van der Waals surface area contributed by atoms with E-state index in [1.165, 1.54) is 0 Å². The number of alkyl halides is 2. The summed E-state index contributed by atoms with van der Waals surface area (Å²) in [6, 6.07) is 0. The number of Topliss-reactive ketones (excluding diaryl/α,β-unsaturated/α-hetero) is 1. The highest BCUT2D eigenvalue weighted by Crippen LogP contribution is 2.32. The van der Waals surface area contributed by atoms with Crippen LogP contribution in [-0.2, 0) is 4.79 Å². The van der Waals surface area contributed by atoms with Crippen molar-refractivity contribution in [1.29, 1.82) is 0 Å². The van der Waals surface area contributed by atoms with Crippen molar-refractivity contribution in [1.82, 2.24) is 4.90 Å². The number of halogens is 2. The summed E-state index contributed by atoms with van der Waals surface area (Å²) >= 11 is 0. The van der Waals surface area contributed by atoms with Gasteiger partial charge in [-0.05, 0) is 20.0 Å². The van der Waals surface area contributed by atoms with Crippen molar-refractivity contribution >= 4 is 5.78 Å². The fraction of sp³-hybridized carbons (Fsp3) is 0.875. The first-order valence-corrected chi connectivity index (χ1v) is 4.02. The Bertz CT molecular complexity index is 193. The minimum Gasteiger partial charge on any atom is -0.306 e. The maximum Gasteiger partial charge on any atom is 0.308 e. The molecular formula is C8H13F2NO. The summed E-state index contributed by atoms with van der Waals surface area (Å²) < 4.78 is 26.1. The summed E-state index contributed by atoms with van der Waals surface area (Å²) in [5.74, 6) is -4.91. The Morgan fingerprint density at radius 2 is 2.17 bits per heavy atom. The van der Waals surface area contributed by atoms with Gasteiger partial charge in [-0.25, -0.2) is 0 Å². The topological polar surface area (TPSA) is 20.3 Å². The molecule has 1 saturated heterocycles. The quantitative estimate of drug-likeness (QED) is 0.631. The fourth-order valence-corrected chi connectivity index (χ4v) is 1.52. The standard InChI is InChI=1S/C8H13F2NO/c1-6(12)8(9,10)7-3-4-11(2)5-7/h7H,3-5H2,1-2H3. The number of carbonyl (C=O) groups excluding carboxylic acids is 1. The van der Waals surface area contributed by atoms with E-state index in [9.17, 15) is 13.6 Å². The molecular weight excluding hydrogens is 164 g/mol. The molecule has 12 heavy (non-hydrogen) atoms. The molecule has 0 aromatic heterocycles. The van der Waals surface area contributed by atoms with Gasteiger partial charge in [-0.15, -0.1) is 0 Å². The molecule has 0 N–H and O–H groups in total. The lowest BCUT2D eigenvalue weighted by molar-refractivity contribution is -0.148. The van der Waals surface area contributed by atoms with Crippen LogP contribution < -0.4 is 0 Å². The zero-order valence-corrected chi connectivity index (χ0v) is 7.31. The van der Waals surface area contributed by atoms with Gasteiger partial charge in [-0.2, -0.15) is 8.78 Å². The average molecular weight is 177 g/mol. The molecule has 0 aliphatic carbocycles. The van der Waals surface area contributed by atoms with Crippen molar-refractivity contribution in [2.75, 3.05) is 20.1 Å². The predicted molar refractivity (Wildman–Crippen MR) is 41.2 cm³/mol. The Labute approximate surface area is 70.5 Å². The number of carbonyl (C=O) groups is 1. The van der Waals surface area contributed by atoms with Crippen molar-refractivity contribution < 1.29 is 13.6 Å². The maximum absolute atomic E-state index is 13.0. The number of hydrogen-bond acceptors (Lipinski definition) is 2. The lowest BCUT2D eigenvalue weighted by atomic mass is 9.98. The van der Waals surface area contributed by atoms with Crippen LogP contribution in [0.15, 0.2) is 0 Å². The molecule has 1 aliphatic heterocycles. The summed E-state index contributed by atoms with van der Waals surface area (Å²) in [6.45, 7) is 1.94. The van der Waals surface area contributed by atoms with Gasteiger partial charge in [0.25, 0.3) is 0 Å². The molecule has 2 nitrogen and oxygen atoms in total. The first-order chi connectivity index (χ1) is 5.44. The molecule has 0 aromatic carbocycles. The second kappa shape index (κ2) is 3.09. The largest absolute Gasteiger partial charge is 0.308 e. The van der Waals surface area contributed by atoms with Crippen molar-refractivity contribution in [3.8, 4) is 0 Å². The highest BCUT2D eigenvalue weighted by molar-refractivity contribution is 5.83. The van der Waals surface area contributed by atoms with Crippen molar-refractivity contribution in [2.24, 2.45) is 5.92 Å². The molecule has 0 aromatic rings. The summed E-state index contributed by atoms with van der Waals surface area (Å²) in [6.07, 6.45) is 0.420. The number of hydrogen-bond donors (Lipinski definition) is 0. The smallest absolute Gasteiger partial charge is 0.306 e. The molecule has 1 unspecified atom stereocenters. The van der Waals surface area contributed by atoms with E-state index in [-0.39, 0.29) is 0 Å². The van der Waals surface area contributed by atoms with E-state index in [1.807, 2.05) is 4.90 Å². The zero-order chi connectivity index (χ0) is 9.35. The maximum atomic E-state index is 13.0. The summed E-state index contributed by atoms with van der Waals surface area (Å²) in [5, 5.41) is 0. The van der Waals surface area contributed by atoms with Crippen molar-refractivity contribution in [2.45, 2.75) is 19.3 Å². The van der Waals surface area contributed by atoms with Gasteiger partial charge in [0.05, 0.1) is 0 Å². The molecule has 1 aliphatic rings. The Morgan fingerprint density at radius 3 is 2.50 bits per heavy atom. The van der Waals surface area contributed by atoms with E-state index in [0.717, 1.165) is 6.92 Å². The Morgan fingerprint density at radius 1 is 1.58 bits per heavy atom. The Balaban J connectivity index is 2.63. The SMILES string of the molecule is CC(=O)C(F)(F)C1CCN(C)C1. The third-order valence-electron chi connectivity index (χ3n) is 2.37. The van der Waals surface area contributed by atoms with Crippen LogP contribution >= 0.6 is 0 Å². The molecule has 0 radical (unpaired) electrons. The average Bonchev–Trinajstić information content (AvgIpc) is 2.35. The van der Waals surface area contributed by atoms with E-state index in [2.05, 4.69) is 0 Å². The first-order valence-electron chi connectivity index (χ1n) is 4.02. The molecule has 0 amide bonds. The van der Waals surface area contributed by atoms with Crippen molar-refractivity contribution in [3.05, 3.63) is 0 Å². The number of nitrogens with zero attached hydrogens (tertiary/aromatic N) is 1. The van der Waals surface area contributed by atoms with Crippen LogP contribution in [0.25, 0.3) is 0 Å². The monoisotopic (exact) mass is 177 g/mol. The normalized spacial score (nSPS) is 26.2. The van der Waals surface area contributed by atoms with Crippen LogP contribution in [0, 0.1) is 5.92 Å². The van der Waals surface area contributed by atoms with Crippen LogP contribution in [-0.4, -0.2) is 36.7 Å². The summed E-state index contributed by atoms with van der Waals surface area (Å²) in [7, 11) is 1.79. The van der Waals surface area contributed by atoms with Gasteiger partial charge < -0.3 is 4.90 Å². The van der Waals surface area contributed by atoms with Gasteiger partial charge in [0.2, 0.25) is 0 Å². The fourth-order valence-electron chi connectivity index (χ4n) is 1.52. The van der Waals surface area contributed by atoms with Gasteiger partial charge in [0, 0.05) is 19.4 Å². The second-order valence-corrected chi connectivity index (χ2v) is 3.43. The molecule has 1 rings (SSSR count).